The van der Waals surface area contributed by atoms with E-state index in [1.165, 1.54) is 0 Å². The van der Waals surface area contributed by atoms with Crippen LogP contribution in [0, 0.1) is 0 Å². The molecule has 112 valence electrons. The molecule has 0 amide bonds. The molecule has 5 nitrogen and oxygen atoms in total. The zero-order chi connectivity index (χ0) is 15.0. The van der Waals surface area contributed by atoms with Gasteiger partial charge in [0.05, 0.1) is 5.56 Å². The van der Waals surface area contributed by atoms with E-state index in [1.54, 1.807) is 50.3 Å². The Morgan fingerprint density at radius 1 is 1.19 bits per heavy atom. The van der Waals surface area contributed by atoms with Gasteiger partial charge in [0.25, 0.3) is 0 Å². The maximum Gasteiger partial charge on any atom is 0.338 e. The Labute approximate surface area is 123 Å². The number of aliphatic hydroxyl groups excluding tert-OH is 1. The minimum absolute atomic E-state index is 0.318. The monoisotopic (exact) mass is 290 g/mol. The number of aliphatic hydroxyl groups is 1. The summed E-state index contributed by atoms with van der Waals surface area (Å²) in [6.45, 7) is 3.58. The molecule has 0 unspecified atom stereocenters. The molecule has 2 aliphatic rings. The summed E-state index contributed by atoms with van der Waals surface area (Å²) >= 11 is 0. The summed E-state index contributed by atoms with van der Waals surface area (Å²) in [5, 5.41) is 10.3. The Morgan fingerprint density at radius 2 is 1.90 bits per heavy atom. The molecule has 0 radical (unpaired) electrons. The second-order valence-electron chi connectivity index (χ2n) is 5.68. The molecule has 4 atom stereocenters. The molecule has 5 heteroatoms. The lowest BCUT2D eigenvalue weighted by Gasteiger charge is -2.30. The molecule has 1 N–H and O–H groups in total. The van der Waals surface area contributed by atoms with Crippen LogP contribution in [0.3, 0.4) is 0 Å². The molecular weight excluding hydrogens is 272 g/mol. The van der Waals surface area contributed by atoms with Crippen molar-refractivity contribution in [2.75, 3.05) is 0 Å². The zero-order valence-corrected chi connectivity index (χ0v) is 11.9. The summed E-state index contributed by atoms with van der Waals surface area (Å²) in [6, 6.07) is 8.68. The number of fused-ring (bicyclic) bond motifs is 1. The molecule has 1 aromatic carbocycles. The second-order valence-corrected chi connectivity index (χ2v) is 5.68. The molecule has 1 heterocycles. The molecule has 0 spiro atoms. The van der Waals surface area contributed by atoms with Crippen LogP contribution in [0.5, 0.6) is 0 Å². The molecule has 1 aliphatic carbocycles. The Balaban J connectivity index is 1.71. The van der Waals surface area contributed by atoms with Gasteiger partial charge in [-0.05, 0) is 32.1 Å². The van der Waals surface area contributed by atoms with Crippen molar-refractivity contribution in [3.8, 4) is 0 Å². The fourth-order valence-corrected chi connectivity index (χ4v) is 2.62. The second kappa shape index (κ2) is 5.26. The number of carbonyl (C=O) groups excluding carboxylic acids is 1. The van der Waals surface area contributed by atoms with Crippen molar-refractivity contribution in [3.05, 3.63) is 48.0 Å². The smallest absolute Gasteiger partial charge is 0.338 e. The number of carbonyl (C=O) groups is 1. The van der Waals surface area contributed by atoms with Crippen molar-refractivity contribution < 1.29 is 24.1 Å². The van der Waals surface area contributed by atoms with Gasteiger partial charge < -0.3 is 19.3 Å². The van der Waals surface area contributed by atoms with Gasteiger partial charge in [0.2, 0.25) is 0 Å². The molecule has 1 fully saturated rings. The minimum atomic E-state index is -0.950. The first-order valence-electron chi connectivity index (χ1n) is 6.94. The summed E-state index contributed by atoms with van der Waals surface area (Å²) in [4.78, 5) is 12.0. The fraction of sp³-hybridized carbons (Fsp3) is 0.438. The third-order valence-corrected chi connectivity index (χ3v) is 3.58. The summed E-state index contributed by atoms with van der Waals surface area (Å²) in [5.41, 5.74) is 0.448. The van der Waals surface area contributed by atoms with Gasteiger partial charge in [-0.25, -0.2) is 4.79 Å². The molecule has 0 aromatic heterocycles. The zero-order valence-electron chi connectivity index (χ0n) is 11.9. The average Bonchev–Trinajstić information content (AvgIpc) is 2.78. The molecule has 21 heavy (non-hydrogen) atoms. The summed E-state index contributed by atoms with van der Waals surface area (Å²) < 4.78 is 16.7. The lowest BCUT2D eigenvalue weighted by Crippen LogP contribution is -2.46. The molecule has 3 rings (SSSR count). The molecule has 0 bridgehead atoms. The van der Waals surface area contributed by atoms with Crippen molar-refractivity contribution in [2.45, 2.75) is 44.1 Å². The summed E-state index contributed by atoms with van der Waals surface area (Å²) in [7, 11) is 0. The van der Waals surface area contributed by atoms with Gasteiger partial charge in [-0.2, -0.15) is 0 Å². The van der Waals surface area contributed by atoms with Crippen LogP contribution in [-0.4, -0.2) is 41.3 Å². The highest BCUT2D eigenvalue weighted by Gasteiger charge is 2.48. The van der Waals surface area contributed by atoms with E-state index in [0.717, 1.165) is 0 Å². The topological polar surface area (TPSA) is 65.0 Å². The lowest BCUT2D eigenvalue weighted by atomic mass is 9.96. The molecule has 1 aliphatic heterocycles. The van der Waals surface area contributed by atoms with Crippen molar-refractivity contribution in [1.82, 2.24) is 0 Å². The van der Waals surface area contributed by atoms with Crippen molar-refractivity contribution in [3.63, 3.8) is 0 Å². The number of esters is 1. The minimum Gasteiger partial charge on any atom is -0.452 e. The lowest BCUT2D eigenvalue weighted by molar-refractivity contribution is -0.158. The fourth-order valence-electron chi connectivity index (χ4n) is 2.62. The van der Waals surface area contributed by atoms with Crippen LogP contribution in [0.1, 0.15) is 24.2 Å². The largest absolute Gasteiger partial charge is 0.452 e. The predicted molar refractivity (Wildman–Crippen MR) is 74.6 cm³/mol. The first-order chi connectivity index (χ1) is 9.96. The first-order valence-corrected chi connectivity index (χ1v) is 6.94. The van der Waals surface area contributed by atoms with Gasteiger partial charge >= 0.3 is 5.97 Å². The summed E-state index contributed by atoms with van der Waals surface area (Å²) in [5.74, 6) is -1.22. The highest BCUT2D eigenvalue weighted by atomic mass is 16.8. The van der Waals surface area contributed by atoms with Gasteiger partial charge in [-0.15, -0.1) is 0 Å². The molecule has 1 saturated heterocycles. The van der Waals surface area contributed by atoms with E-state index >= 15 is 0 Å². The van der Waals surface area contributed by atoms with E-state index < -0.39 is 30.1 Å². The Bertz CT molecular complexity index is 551. The van der Waals surface area contributed by atoms with Crippen LogP contribution in [-0.2, 0) is 14.2 Å². The number of hydrogen-bond donors (Lipinski definition) is 1. The van der Waals surface area contributed by atoms with E-state index in [2.05, 4.69) is 0 Å². The number of ether oxygens (including phenoxy) is 3. The van der Waals surface area contributed by atoms with Gasteiger partial charge in [-0.3, -0.25) is 0 Å². The Kier molecular flexibility index (Phi) is 3.57. The molecule has 1 aromatic rings. The number of rotatable bonds is 2. The van der Waals surface area contributed by atoms with E-state index in [1.807, 2.05) is 6.07 Å². The van der Waals surface area contributed by atoms with Crippen LogP contribution in [0.25, 0.3) is 0 Å². The quantitative estimate of drug-likeness (QED) is 0.663. The Morgan fingerprint density at radius 3 is 2.62 bits per heavy atom. The molecular formula is C16H18O5. The van der Waals surface area contributed by atoms with Gasteiger partial charge in [0.15, 0.2) is 5.79 Å². The van der Waals surface area contributed by atoms with Crippen molar-refractivity contribution in [1.29, 1.82) is 0 Å². The third kappa shape index (κ3) is 2.85. The Hall–Kier alpha value is -1.69. The standard InChI is InChI=1S/C16H18O5/c1-16(2)20-12-9-8-11(13(17)14(12)21-16)19-15(18)10-6-4-3-5-7-10/h3-9,11-14,17H,1-2H3/t11-,12-,13-,14-/m0/s1. The van der Waals surface area contributed by atoms with E-state index in [9.17, 15) is 9.90 Å². The van der Waals surface area contributed by atoms with Crippen LogP contribution in [0.2, 0.25) is 0 Å². The van der Waals surface area contributed by atoms with Crippen LogP contribution in [0.15, 0.2) is 42.5 Å². The highest BCUT2D eigenvalue weighted by molar-refractivity contribution is 5.89. The predicted octanol–water partition coefficient (Wildman–Crippen LogP) is 1.66. The van der Waals surface area contributed by atoms with Crippen LogP contribution < -0.4 is 0 Å². The number of hydrogen-bond acceptors (Lipinski definition) is 5. The van der Waals surface area contributed by atoms with Crippen LogP contribution >= 0.6 is 0 Å². The van der Waals surface area contributed by atoms with Gasteiger partial charge in [-0.1, -0.05) is 24.3 Å². The average molecular weight is 290 g/mol. The number of benzene rings is 1. The van der Waals surface area contributed by atoms with Crippen molar-refractivity contribution >= 4 is 5.97 Å². The first kappa shape index (κ1) is 14.3. The summed E-state index contributed by atoms with van der Waals surface area (Å²) in [6.07, 6.45) is 0.887. The van der Waals surface area contributed by atoms with Gasteiger partial charge in [0, 0.05) is 0 Å². The third-order valence-electron chi connectivity index (χ3n) is 3.58. The highest BCUT2D eigenvalue weighted by Crippen LogP contribution is 2.34. The normalized spacial score (nSPS) is 33.5. The van der Waals surface area contributed by atoms with Crippen LogP contribution in [0.4, 0.5) is 0 Å². The van der Waals surface area contributed by atoms with E-state index in [0.29, 0.717) is 5.56 Å². The molecule has 0 saturated carbocycles. The maximum atomic E-state index is 12.0. The van der Waals surface area contributed by atoms with Gasteiger partial charge in [0.1, 0.15) is 24.4 Å². The maximum absolute atomic E-state index is 12.0. The van der Waals surface area contributed by atoms with E-state index in [-0.39, 0.29) is 6.10 Å². The SMILES string of the molecule is CC1(C)O[C@@H]2[C@@H](O)[C@@H](OC(=O)c3ccccc3)C=C[C@@H]2O1. The van der Waals surface area contributed by atoms with E-state index in [4.69, 9.17) is 14.2 Å². The van der Waals surface area contributed by atoms with Crippen molar-refractivity contribution in [2.24, 2.45) is 0 Å².